The Bertz CT molecular complexity index is 385. The molecule has 1 fully saturated rings. The lowest BCUT2D eigenvalue weighted by atomic mass is 10.2. The maximum Gasteiger partial charge on any atom is 0.273 e. The number of nitrogens with zero attached hydrogens (tertiary/aromatic N) is 3. The third kappa shape index (κ3) is 2.82. The minimum Gasteiger partial charge on any atom is -0.348 e. The molecule has 1 aliphatic heterocycles. The highest BCUT2D eigenvalue weighted by Crippen LogP contribution is 2.09. The zero-order chi connectivity index (χ0) is 12.3. The van der Waals surface area contributed by atoms with Gasteiger partial charge in [-0.1, -0.05) is 18.6 Å². The van der Waals surface area contributed by atoms with Gasteiger partial charge in [0.25, 0.3) is 5.91 Å². The van der Waals surface area contributed by atoms with Crippen molar-refractivity contribution in [1.29, 1.82) is 0 Å². The molecule has 1 saturated heterocycles. The van der Waals surface area contributed by atoms with E-state index in [9.17, 15) is 4.79 Å². The predicted molar refractivity (Wildman–Crippen MR) is 63.8 cm³/mol. The van der Waals surface area contributed by atoms with Gasteiger partial charge in [0.15, 0.2) is 5.69 Å². The van der Waals surface area contributed by atoms with E-state index in [1.165, 1.54) is 0 Å². The molecule has 1 aliphatic rings. The van der Waals surface area contributed by atoms with Gasteiger partial charge in [-0.3, -0.25) is 4.79 Å². The summed E-state index contributed by atoms with van der Waals surface area (Å²) in [5.74, 6) is -0.135. The lowest BCUT2D eigenvalue weighted by molar-refractivity contribution is 0.0933. The van der Waals surface area contributed by atoms with E-state index in [1.807, 2.05) is 6.92 Å². The molecular formula is C11H19N5O. The van der Waals surface area contributed by atoms with Gasteiger partial charge >= 0.3 is 0 Å². The zero-order valence-electron chi connectivity index (χ0n) is 10.3. The van der Waals surface area contributed by atoms with Crippen LogP contribution < -0.4 is 10.6 Å². The molecule has 0 aromatic carbocycles. The largest absolute Gasteiger partial charge is 0.348 e. The Labute approximate surface area is 101 Å². The molecule has 1 amide bonds. The SMILES string of the molecule is CCCC(C)NC(=O)c1cn(C2CNC2)nn1. The Morgan fingerprint density at radius 3 is 3.06 bits per heavy atom. The van der Waals surface area contributed by atoms with Crippen molar-refractivity contribution in [1.82, 2.24) is 25.6 Å². The second kappa shape index (κ2) is 5.27. The molecule has 2 N–H and O–H groups in total. The van der Waals surface area contributed by atoms with E-state index < -0.39 is 0 Å². The summed E-state index contributed by atoms with van der Waals surface area (Å²) in [7, 11) is 0. The zero-order valence-corrected chi connectivity index (χ0v) is 10.3. The number of rotatable bonds is 5. The lowest BCUT2D eigenvalue weighted by Crippen LogP contribution is -2.43. The number of hydrogen-bond donors (Lipinski definition) is 2. The van der Waals surface area contributed by atoms with Crippen LogP contribution in [0.1, 0.15) is 43.2 Å². The Kier molecular flexibility index (Phi) is 3.73. The van der Waals surface area contributed by atoms with E-state index in [0.29, 0.717) is 11.7 Å². The van der Waals surface area contributed by atoms with E-state index >= 15 is 0 Å². The number of carbonyl (C=O) groups excluding carboxylic acids is 1. The number of nitrogens with one attached hydrogen (secondary N) is 2. The number of hydrogen-bond acceptors (Lipinski definition) is 4. The van der Waals surface area contributed by atoms with Gasteiger partial charge in [-0.25, -0.2) is 4.68 Å². The fraction of sp³-hybridized carbons (Fsp3) is 0.727. The van der Waals surface area contributed by atoms with E-state index in [0.717, 1.165) is 25.9 Å². The van der Waals surface area contributed by atoms with Crippen LogP contribution in [0.25, 0.3) is 0 Å². The average Bonchev–Trinajstić information content (AvgIpc) is 2.64. The van der Waals surface area contributed by atoms with Crippen molar-refractivity contribution in [2.45, 2.75) is 38.8 Å². The Hall–Kier alpha value is -1.43. The quantitative estimate of drug-likeness (QED) is 0.774. The summed E-state index contributed by atoms with van der Waals surface area (Å²) in [6.07, 6.45) is 3.76. The van der Waals surface area contributed by atoms with Crippen LogP contribution in [0.3, 0.4) is 0 Å². The molecule has 94 valence electrons. The van der Waals surface area contributed by atoms with Crippen molar-refractivity contribution in [2.24, 2.45) is 0 Å². The van der Waals surface area contributed by atoms with Crippen LogP contribution in [-0.2, 0) is 0 Å². The maximum absolute atomic E-state index is 11.8. The van der Waals surface area contributed by atoms with Gasteiger partial charge in [0.2, 0.25) is 0 Å². The first kappa shape index (κ1) is 12.0. The monoisotopic (exact) mass is 237 g/mol. The van der Waals surface area contributed by atoms with Crippen molar-refractivity contribution < 1.29 is 4.79 Å². The molecule has 1 aromatic rings. The summed E-state index contributed by atoms with van der Waals surface area (Å²) in [6.45, 7) is 5.90. The van der Waals surface area contributed by atoms with E-state index in [-0.39, 0.29) is 11.9 Å². The lowest BCUT2D eigenvalue weighted by Gasteiger charge is -2.26. The van der Waals surface area contributed by atoms with Crippen molar-refractivity contribution in [3.05, 3.63) is 11.9 Å². The van der Waals surface area contributed by atoms with Crippen LogP contribution >= 0.6 is 0 Å². The summed E-state index contributed by atoms with van der Waals surface area (Å²) in [5.41, 5.74) is 0.403. The molecule has 0 aliphatic carbocycles. The first-order valence-electron chi connectivity index (χ1n) is 6.14. The molecular weight excluding hydrogens is 218 g/mol. The molecule has 6 nitrogen and oxygen atoms in total. The minimum atomic E-state index is -0.135. The summed E-state index contributed by atoms with van der Waals surface area (Å²) >= 11 is 0. The Morgan fingerprint density at radius 1 is 1.71 bits per heavy atom. The highest BCUT2D eigenvalue weighted by Gasteiger charge is 2.21. The third-order valence-corrected chi connectivity index (χ3v) is 2.98. The Balaban J connectivity index is 1.92. The Morgan fingerprint density at radius 2 is 2.47 bits per heavy atom. The molecule has 0 spiro atoms. The van der Waals surface area contributed by atoms with E-state index in [4.69, 9.17) is 0 Å². The summed E-state index contributed by atoms with van der Waals surface area (Å²) in [6, 6.07) is 0.528. The highest BCUT2D eigenvalue weighted by molar-refractivity contribution is 5.92. The van der Waals surface area contributed by atoms with Gasteiger partial charge < -0.3 is 10.6 Å². The molecule has 1 aromatic heterocycles. The molecule has 2 rings (SSSR count). The number of amides is 1. The van der Waals surface area contributed by atoms with Crippen LogP contribution in [-0.4, -0.2) is 40.0 Å². The van der Waals surface area contributed by atoms with E-state index in [2.05, 4.69) is 27.9 Å². The second-order valence-corrected chi connectivity index (χ2v) is 4.56. The normalized spacial score (nSPS) is 17.5. The van der Waals surface area contributed by atoms with Crippen molar-refractivity contribution >= 4 is 5.91 Å². The molecule has 17 heavy (non-hydrogen) atoms. The first-order chi connectivity index (χ1) is 8.20. The molecule has 2 heterocycles. The molecule has 1 atom stereocenters. The average molecular weight is 237 g/mol. The van der Waals surface area contributed by atoms with Gasteiger partial charge in [0, 0.05) is 19.1 Å². The fourth-order valence-electron chi connectivity index (χ4n) is 1.82. The highest BCUT2D eigenvalue weighted by atomic mass is 16.2. The van der Waals surface area contributed by atoms with Crippen molar-refractivity contribution in [3.63, 3.8) is 0 Å². The number of aromatic nitrogens is 3. The molecule has 0 radical (unpaired) electrons. The topological polar surface area (TPSA) is 71.8 Å². The summed E-state index contributed by atoms with van der Waals surface area (Å²) in [5, 5.41) is 14.0. The van der Waals surface area contributed by atoms with Crippen LogP contribution in [0.4, 0.5) is 0 Å². The molecule has 6 heteroatoms. The van der Waals surface area contributed by atoms with Crippen LogP contribution in [0.2, 0.25) is 0 Å². The molecule has 0 bridgehead atoms. The first-order valence-corrected chi connectivity index (χ1v) is 6.14. The van der Waals surface area contributed by atoms with Gasteiger partial charge in [-0.2, -0.15) is 0 Å². The van der Waals surface area contributed by atoms with Crippen LogP contribution in [0.5, 0.6) is 0 Å². The second-order valence-electron chi connectivity index (χ2n) is 4.56. The van der Waals surface area contributed by atoms with Gasteiger partial charge in [0.05, 0.1) is 12.2 Å². The third-order valence-electron chi connectivity index (χ3n) is 2.98. The van der Waals surface area contributed by atoms with Crippen LogP contribution in [0, 0.1) is 0 Å². The fourth-order valence-corrected chi connectivity index (χ4v) is 1.82. The smallest absolute Gasteiger partial charge is 0.273 e. The number of carbonyl (C=O) groups is 1. The predicted octanol–water partition coefficient (Wildman–Crippen LogP) is 0.341. The van der Waals surface area contributed by atoms with Gasteiger partial charge in [-0.05, 0) is 13.3 Å². The summed E-state index contributed by atoms with van der Waals surface area (Å²) < 4.78 is 1.76. The summed E-state index contributed by atoms with van der Waals surface area (Å²) in [4.78, 5) is 11.8. The maximum atomic E-state index is 11.8. The van der Waals surface area contributed by atoms with E-state index in [1.54, 1.807) is 10.9 Å². The van der Waals surface area contributed by atoms with Gasteiger partial charge in [-0.15, -0.1) is 5.10 Å². The van der Waals surface area contributed by atoms with Gasteiger partial charge in [0.1, 0.15) is 0 Å². The molecule has 0 saturated carbocycles. The molecule has 1 unspecified atom stereocenters. The minimum absolute atomic E-state index is 0.135. The van der Waals surface area contributed by atoms with Crippen molar-refractivity contribution in [2.75, 3.05) is 13.1 Å². The van der Waals surface area contributed by atoms with Crippen LogP contribution in [0.15, 0.2) is 6.20 Å². The standard InChI is InChI=1S/C11H19N5O/c1-3-4-8(2)13-11(17)10-7-16(15-14-10)9-5-12-6-9/h7-9,12H,3-6H2,1-2H3,(H,13,17). The van der Waals surface area contributed by atoms with Crippen molar-refractivity contribution in [3.8, 4) is 0 Å².